The summed E-state index contributed by atoms with van der Waals surface area (Å²) in [7, 11) is 0. The van der Waals surface area contributed by atoms with Crippen LogP contribution in [0.5, 0.6) is 0 Å². The van der Waals surface area contributed by atoms with Crippen LogP contribution in [0.3, 0.4) is 0 Å². The molecular formula is C6H5NO4. The van der Waals surface area contributed by atoms with E-state index >= 15 is 0 Å². The van der Waals surface area contributed by atoms with E-state index in [1.54, 1.807) is 0 Å². The van der Waals surface area contributed by atoms with Gasteiger partial charge in [-0.2, -0.15) is 0 Å². The molecule has 0 bridgehead atoms. The van der Waals surface area contributed by atoms with E-state index in [0.717, 1.165) is 6.20 Å². The topological polar surface area (TPSA) is 87.0 Å². The molecule has 0 saturated carbocycles. The molecule has 0 radical (unpaired) electrons. The lowest BCUT2D eigenvalue weighted by atomic mass is 10.2. The first-order valence-electron chi connectivity index (χ1n) is 2.83. The summed E-state index contributed by atoms with van der Waals surface area (Å²) in [5, 5.41) is 16.7. The summed E-state index contributed by atoms with van der Waals surface area (Å²) in [5.74, 6) is -2.29. The zero-order valence-electron chi connectivity index (χ0n) is 5.44. The van der Waals surface area contributed by atoms with Gasteiger partial charge in [0.05, 0.1) is 5.57 Å². The monoisotopic (exact) mass is 155 g/mol. The van der Waals surface area contributed by atoms with E-state index in [-0.39, 0.29) is 17.7 Å². The molecule has 0 spiro atoms. The van der Waals surface area contributed by atoms with Gasteiger partial charge in [0.15, 0.2) is 0 Å². The van der Waals surface area contributed by atoms with Crippen molar-refractivity contribution in [2.75, 3.05) is 0 Å². The van der Waals surface area contributed by atoms with Crippen LogP contribution in [-0.4, -0.2) is 27.9 Å². The number of hydrogen-bond donors (Lipinski definition) is 2. The van der Waals surface area contributed by atoms with E-state index in [1.807, 2.05) is 0 Å². The minimum Gasteiger partial charge on any atom is -0.478 e. The predicted molar refractivity (Wildman–Crippen MR) is 35.4 cm³/mol. The van der Waals surface area contributed by atoms with Crippen LogP contribution in [0.2, 0.25) is 0 Å². The Morgan fingerprint density at radius 3 is 2.27 bits per heavy atom. The Bertz CT molecular complexity index is 248. The maximum atomic E-state index is 10.2. The van der Waals surface area contributed by atoms with Gasteiger partial charge in [0.2, 0.25) is 0 Å². The molecule has 1 heterocycles. The normalized spacial score (nSPS) is 15.6. The molecule has 1 aliphatic rings. The maximum absolute atomic E-state index is 10.2. The Hall–Kier alpha value is -1.65. The van der Waals surface area contributed by atoms with Crippen molar-refractivity contribution >= 4 is 17.7 Å². The van der Waals surface area contributed by atoms with Crippen molar-refractivity contribution in [1.29, 1.82) is 0 Å². The highest BCUT2D eigenvalue weighted by atomic mass is 16.4. The fraction of sp³-hybridized carbons (Fsp3) is 0.167. The molecule has 0 aromatic rings. The average Bonchev–Trinajstić information content (AvgIpc) is 2.33. The van der Waals surface area contributed by atoms with Gasteiger partial charge < -0.3 is 10.2 Å². The van der Waals surface area contributed by atoms with Gasteiger partial charge in [-0.15, -0.1) is 0 Å². The third-order valence-electron chi connectivity index (χ3n) is 1.26. The van der Waals surface area contributed by atoms with Gasteiger partial charge in [-0.3, -0.25) is 4.99 Å². The summed E-state index contributed by atoms with van der Waals surface area (Å²) in [6.45, 7) is 0. The van der Waals surface area contributed by atoms with Crippen molar-refractivity contribution in [3.63, 3.8) is 0 Å². The van der Waals surface area contributed by atoms with Crippen LogP contribution in [0.4, 0.5) is 0 Å². The van der Waals surface area contributed by atoms with Crippen molar-refractivity contribution in [3.05, 3.63) is 11.8 Å². The van der Waals surface area contributed by atoms with Crippen molar-refractivity contribution < 1.29 is 19.8 Å². The Morgan fingerprint density at radius 1 is 1.36 bits per heavy atom. The number of aliphatic imine (C=N–C) groups is 1. The summed E-state index contributed by atoms with van der Waals surface area (Å²) in [5.41, 5.74) is -0.107. The number of nitrogens with zero attached hydrogens (tertiary/aromatic N) is 1. The first kappa shape index (κ1) is 7.46. The highest BCUT2D eigenvalue weighted by molar-refractivity contribution is 6.37. The molecule has 2 N–H and O–H groups in total. The molecular weight excluding hydrogens is 150 g/mol. The van der Waals surface area contributed by atoms with Crippen LogP contribution in [0.25, 0.3) is 0 Å². The van der Waals surface area contributed by atoms with E-state index in [1.165, 1.54) is 0 Å². The summed E-state index contributed by atoms with van der Waals surface area (Å²) >= 11 is 0. The SMILES string of the molecule is O=C(O)C1=CN=C(C(=O)O)C1. The van der Waals surface area contributed by atoms with Gasteiger partial charge in [-0.1, -0.05) is 0 Å². The number of carboxylic acids is 2. The molecule has 1 rings (SSSR count). The number of hydrogen-bond acceptors (Lipinski definition) is 3. The Labute approximate surface area is 61.7 Å². The molecule has 0 saturated heterocycles. The molecule has 0 aliphatic carbocycles. The standard InChI is InChI=1S/C6H5NO4/c8-5(9)3-1-4(6(10)11)7-2-3/h2H,1H2,(H,8,9)(H,10,11). The second-order valence-electron chi connectivity index (χ2n) is 2.02. The second kappa shape index (κ2) is 2.53. The molecule has 0 unspecified atom stereocenters. The lowest BCUT2D eigenvalue weighted by Crippen LogP contribution is -2.12. The first-order valence-corrected chi connectivity index (χ1v) is 2.83. The number of carbonyl (C=O) groups is 2. The van der Waals surface area contributed by atoms with Crippen molar-refractivity contribution in [3.8, 4) is 0 Å². The fourth-order valence-corrected chi connectivity index (χ4v) is 0.689. The van der Waals surface area contributed by atoms with Gasteiger partial charge in [0.25, 0.3) is 0 Å². The molecule has 58 valence electrons. The molecule has 0 aromatic carbocycles. The Kier molecular flexibility index (Phi) is 1.72. The third kappa shape index (κ3) is 1.43. The van der Waals surface area contributed by atoms with E-state index < -0.39 is 11.9 Å². The summed E-state index contributed by atoms with van der Waals surface area (Å²) in [4.78, 5) is 23.9. The summed E-state index contributed by atoms with van der Waals surface area (Å²) in [6, 6.07) is 0. The van der Waals surface area contributed by atoms with Crippen molar-refractivity contribution in [2.45, 2.75) is 6.42 Å². The van der Waals surface area contributed by atoms with Gasteiger partial charge in [-0.25, -0.2) is 9.59 Å². The molecule has 1 aliphatic heterocycles. The van der Waals surface area contributed by atoms with E-state index in [9.17, 15) is 9.59 Å². The van der Waals surface area contributed by atoms with Crippen LogP contribution < -0.4 is 0 Å². The molecule has 5 nitrogen and oxygen atoms in total. The number of rotatable bonds is 2. The Morgan fingerprint density at radius 2 is 2.00 bits per heavy atom. The van der Waals surface area contributed by atoms with Gasteiger partial charge in [0.1, 0.15) is 5.71 Å². The van der Waals surface area contributed by atoms with Crippen LogP contribution in [0.1, 0.15) is 6.42 Å². The minimum absolute atomic E-state index is 0.0161. The van der Waals surface area contributed by atoms with E-state index in [0.29, 0.717) is 0 Å². The van der Waals surface area contributed by atoms with Crippen LogP contribution >= 0.6 is 0 Å². The largest absolute Gasteiger partial charge is 0.478 e. The molecule has 0 fully saturated rings. The minimum atomic E-state index is -1.17. The van der Waals surface area contributed by atoms with Gasteiger partial charge in [0, 0.05) is 12.6 Å². The molecule has 0 aromatic heterocycles. The highest BCUT2D eigenvalue weighted by Crippen LogP contribution is 2.11. The summed E-state index contributed by atoms with van der Waals surface area (Å²) < 4.78 is 0. The quantitative estimate of drug-likeness (QED) is 0.582. The van der Waals surface area contributed by atoms with Crippen molar-refractivity contribution in [2.24, 2.45) is 4.99 Å². The lowest BCUT2D eigenvalue weighted by Gasteiger charge is -1.91. The summed E-state index contributed by atoms with van der Waals surface area (Å²) in [6.07, 6.45) is 0.969. The van der Waals surface area contributed by atoms with Crippen LogP contribution in [0, 0.1) is 0 Å². The number of carboxylic acid groups (broad SMARTS) is 2. The third-order valence-corrected chi connectivity index (χ3v) is 1.26. The van der Waals surface area contributed by atoms with E-state index in [2.05, 4.69) is 4.99 Å². The maximum Gasteiger partial charge on any atom is 0.350 e. The zero-order chi connectivity index (χ0) is 8.43. The Balaban J connectivity index is 2.66. The van der Waals surface area contributed by atoms with Gasteiger partial charge >= 0.3 is 11.9 Å². The van der Waals surface area contributed by atoms with Crippen LogP contribution in [-0.2, 0) is 9.59 Å². The van der Waals surface area contributed by atoms with Crippen LogP contribution in [0.15, 0.2) is 16.8 Å². The zero-order valence-corrected chi connectivity index (χ0v) is 5.44. The molecule has 11 heavy (non-hydrogen) atoms. The predicted octanol–water partition coefficient (Wildman–Crippen LogP) is -0.116. The molecule has 0 amide bonds. The molecule has 0 atom stereocenters. The average molecular weight is 155 g/mol. The lowest BCUT2D eigenvalue weighted by molar-refractivity contribution is -0.132. The van der Waals surface area contributed by atoms with Crippen molar-refractivity contribution in [1.82, 2.24) is 0 Å². The number of aliphatic carboxylic acids is 2. The smallest absolute Gasteiger partial charge is 0.350 e. The van der Waals surface area contributed by atoms with E-state index in [4.69, 9.17) is 10.2 Å². The fourth-order valence-electron chi connectivity index (χ4n) is 0.689. The van der Waals surface area contributed by atoms with Gasteiger partial charge in [-0.05, 0) is 0 Å². The second-order valence-corrected chi connectivity index (χ2v) is 2.02. The molecule has 5 heteroatoms. The first-order chi connectivity index (χ1) is 5.11. The highest BCUT2D eigenvalue weighted by Gasteiger charge is 2.20.